The molecule has 0 aliphatic carbocycles. The molecule has 1 amide bonds. The molecule has 100 valence electrons. The molecule has 1 rings (SSSR count). The minimum atomic E-state index is -0.130. The van der Waals surface area contributed by atoms with Crippen LogP contribution in [0, 0.1) is 0 Å². The molecule has 18 heavy (non-hydrogen) atoms. The fourth-order valence-corrected chi connectivity index (χ4v) is 1.64. The van der Waals surface area contributed by atoms with Crippen LogP contribution in [0.3, 0.4) is 0 Å². The Bertz CT molecular complexity index is 382. The summed E-state index contributed by atoms with van der Waals surface area (Å²) in [6.07, 6.45) is 1.94. The Hall–Kier alpha value is -1.62. The van der Waals surface area contributed by atoms with Crippen molar-refractivity contribution in [2.24, 2.45) is 0 Å². The number of aliphatic hydroxyl groups is 1. The molecule has 0 fully saturated rings. The van der Waals surface area contributed by atoms with Crippen molar-refractivity contribution in [2.75, 3.05) is 32.1 Å². The molecule has 0 saturated heterocycles. The predicted octanol–water partition coefficient (Wildman–Crippen LogP) is 1.36. The van der Waals surface area contributed by atoms with Crippen LogP contribution in [0.2, 0.25) is 0 Å². The Morgan fingerprint density at radius 3 is 2.83 bits per heavy atom. The van der Waals surface area contributed by atoms with E-state index in [1.54, 1.807) is 30.1 Å². The first-order valence-electron chi connectivity index (χ1n) is 6.27. The topological polar surface area (TPSA) is 65.5 Å². The van der Waals surface area contributed by atoms with Gasteiger partial charge in [-0.25, -0.2) is 4.98 Å². The summed E-state index contributed by atoms with van der Waals surface area (Å²) in [4.78, 5) is 18.1. The SMILES string of the molecule is CCCCN(CCO)C(=O)c1cccc(NC)n1. The Labute approximate surface area is 108 Å². The van der Waals surface area contributed by atoms with Crippen LogP contribution < -0.4 is 5.32 Å². The van der Waals surface area contributed by atoms with Crippen LogP contribution >= 0.6 is 0 Å². The minimum Gasteiger partial charge on any atom is -0.395 e. The third kappa shape index (κ3) is 4.00. The highest BCUT2D eigenvalue weighted by Gasteiger charge is 2.16. The van der Waals surface area contributed by atoms with Gasteiger partial charge in [-0.2, -0.15) is 0 Å². The molecule has 0 saturated carbocycles. The molecule has 5 heteroatoms. The zero-order chi connectivity index (χ0) is 13.4. The number of amides is 1. The second kappa shape index (κ2) is 7.66. The Morgan fingerprint density at radius 2 is 2.22 bits per heavy atom. The molecule has 5 nitrogen and oxygen atoms in total. The fourth-order valence-electron chi connectivity index (χ4n) is 1.64. The molecule has 1 aromatic rings. The lowest BCUT2D eigenvalue weighted by atomic mass is 10.2. The molecule has 0 aromatic carbocycles. The average Bonchev–Trinajstić information content (AvgIpc) is 2.42. The molecular weight excluding hydrogens is 230 g/mol. The fraction of sp³-hybridized carbons (Fsp3) is 0.538. The summed E-state index contributed by atoms with van der Waals surface area (Å²) >= 11 is 0. The summed E-state index contributed by atoms with van der Waals surface area (Å²) < 4.78 is 0. The van der Waals surface area contributed by atoms with Crippen LogP contribution in [-0.4, -0.2) is 47.6 Å². The predicted molar refractivity (Wildman–Crippen MR) is 71.7 cm³/mol. The van der Waals surface area contributed by atoms with Gasteiger partial charge in [0.15, 0.2) is 0 Å². The van der Waals surface area contributed by atoms with Gasteiger partial charge in [-0.1, -0.05) is 19.4 Å². The number of carbonyl (C=O) groups is 1. The first kappa shape index (κ1) is 14.4. The van der Waals surface area contributed by atoms with E-state index in [1.165, 1.54) is 0 Å². The quantitative estimate of drug-likeness (QED) is 0.768. The maximum atomic E-state index is 12.2. The summed E-state index contributed by atoms with van der Waals surface area (Å²) in [5.74, 6) is 0.537. The van der Waals surface area contributed by atoms with E-state index in [1.807, 2.05) is 0 Å². The molecule has 0 atom stereocenters. The van der Waals surface area contributed by atoms with Crippen molar-refractivity contribution in [3.05, 3.63) is 23.9 Å². The van der Waals surface area contributed by atoms with Crippen LogP contribution in [-0.2, 0) is 0 Å². The number of nitrogens with one attached hydrogen (secondary N) is 1. The molecule has 0 spiro atoms. The highest BCUT2D eigenvalue weighted by Crippen LogP contribution is 2.08. The van der Waals surface area contributed by atoms with Crippen molar-refractivity contribution in [2.45, 2.75) is 19.8 Å². The van der Waals surface area contributed by atoms with E-state index in [0.29, 0.717) is 24.6 Å². The lowest BCUT2D eigenvalue weighted by Gasteiger charge is -2.21. The van der Waals surface area contributed by atoms with Crippen LogP contribution in [0.15, 0.2) is 18.2 Å². The molecule has 1 aromatic heterocycles. The number of pyridine rings is 1. The van der Waals surface area contributed by atoms with Gasteiger partial charge in [0.25, 0.3) is 5.91 Å². The monoisotopic (exact) mass is 251 g/mol. The standard InChI is InChI=1S/C13H21N3O2/c1-3-4-8-16(9-10-17)13(18)11-6-5-7-12(14-2)15-11/h5-7,17H,3-4,8-10H2,1-2H3,(H,14,15). The van der Waals surface area contributed by atoms with E-state index in [4.69, 9.17) is 5.11 Å². The van der Waals surface area contributed by atoms with Crippen molar-refractivity contribution in [1.82, 2.24) is 9.88 Å². The van der Waals surface area contributed by atoms with Gasteiger partial charge in [0.05, 0.1) is 6.61 Å². The maximum absolute atomic E-state index is 12.2. The van der Waals surface area contributed by atoms with Gasteiger partial charge < -0.3 is 15.3 Å². The van der Waals surface area contributed by atoms with Crippen LogP contribution in [0.1, 0.15) is 30.3 Å². The molecule has 2 N–H and O–H groups in total. The summed E-state index contributed by atoms with van der Waals surface area (Å²) in [7, 11) is 1.76. The van der Waals surface area contributed by atoms with Gasteiger partial charge in [0.2, 0.25) is 0 Å². The first-order chi connectivity index (χ1) is 8.72. The second-order valence-electron chi connectivity index (χ2n) is 4.03. The summed E-state index contributed by atoms with van der Waals surface area (Å²) in [5.41, 5.74) is 0.409. The van der Waals surface area contributed by atoms with Gasteiger partial charge in [0, 0.05) is 20.1 Å². The second-order valence-corrected chi connectivity index (χ2v) is 4.03. The van der Waals surface area contributed by atoms with Crippen LogP contribution in [0.4, 0.5) is 5.82 Å². The van der Waals surface area contributed by atoms with Gasteiger partial charge in [-0.15, -0.1) is 0 Å². The highest BCUT2D eigenvalue weighted by molar-refractivity contribution is 5.92. The number of rotatable bonds is 7. The Kier molecular flexibility index (Phi) is 6.14. The summed E-state index contributed by atoms with van der Waals surface area (Å²) in [5, 5.41) is 11.9. The largest absolute Gasteiger partial charge is 0.395 e. The average molecular weight is 251 g/mol. The number of carbonyl (C=O) groups excluding carboxylic acids is 1. The van der Waals surface area contributed by atoms with E-state index in [9.17, 15) is 4.79 Å². The third-order valence-corrected chi connectivity index (χ3v) is 2.66. The van der Waals surface area contributed by atoms with Gasteiger partial charge >= 0.3 is 0 Å². The highest BCUT2D eigenvalue weighted by atomic mass is 16.3. The number of nitrogens with zero attached hydrogens (tertiary/aromatic N) is 2. The third-order valence-electron chi connectivity index (χ3n) is 2.66. The smallest absolute Gasteiger partial charge is 0.272 e. The zero-order valence-corrected chi connectivity index (χ0v) is 11.0. The van der Waals surface area contributed by atoms with Crippen LogP contribution in [0.25, 0.3) is 0 Å². The molecule has 1 heterocycles. The van der Waals surface area contributed by atoms with E-state index in [0.717, 1.165) is 12.8 Å². The van der Waals surface area contributed by atoms with Gasteiger partial charge in [-0.3, -0.25) is 4.79 Å². The first-order valence-corrected chi connectivity index (χ1v) is 6.27. The lowest BCUT2D eigenvalue weighted by Crippen LogP contribution is -2.35. The zero-order valence-electron chi connectivity index (χ0n) is 11.0. The van der Waals surface area contributed by atoms with Crippen molar-refractivity contribution in [3.63, 3.8) is 0 Å². The summed E-state index contributed by atoms with van der Waals surface area (Å²) in [6.45, 7) is 3.05. The van der Waals surface area contributed by atoms with E-state index in [-0.39, 0.29) is 12.5 Å². The number of aromatic nitrogens is 1. The summed E-state index contributed by atoms with van der Waals surface area (Å²) in [6, 6.07) is 5.29. The number of hydrogen-bond acceptors (Lipinski definition) is 4. The van der Waals surface area contributed by atoms with Crippen LogP contribution in [0.5, 0.6) is 0 Å². The molecule has 0 aliphatic rings. The lowest BCUT2D eigenvalue weighted by molar-refractivity contribution is 0.0713. The van der Waals surface area contributed by atoms with E-state index in [2.05, 4.69) is 17.2 Å². The van der Waals surface area contributed by atoms with Gasteiger partial charge in [-0.05, 0) is 18.6 Å². The Morgan fingerprint density at radius 1 is 1.44 bits per heavy atom. The molecule has 0 aliphatic heterocycles. The van der Waals surface area contributed by atoms with Crippen molar-refractivity contribution >= 4 is 11.7 Å². The maximum Gasteiger partial charge on any atom is 0.272 e. The minimum absolute atomic E-state index is 0.0266. The molecule has 0 radical (unpaired) electrons. The van der Waals surface area contributed by atoms with E-state index >= 15 is 0 Å². The number of unbranched alkanes of at least 4 members (excludes halogenated alkanes) is 1. The van der Waals surface area contributed by atoms with Gasteiger partial charge in [0.1, 0.15) is 11.5 Å². The normalized spacial score (nSPS) is 10.2. The number of anilines is 1. The van der Waals surface area contributed by atoms with Crippen molar-refractivity contribution in [3.8, 4) is 0 Å². The van der Waals surface area contributed by atoms with Crippen molar-refractivity contribution in [1.29, 1.82) is 0 Å². The number of aliphatic hydroxyl groups excluding tert-OH is 1. The van der Waals surface area contributed by atoms with Crippen molar-refractivity contribution < 1.29 is 9.90 Å². The molecule has 0 bridgehead atoms. The number of hydrogen-bond donors (Lipinski definition) is 2. The Balaban J connectivity index is 2.79. The van der Waals surface area contributed by atoms with E-state index < -0.39 is 0 Å². The molecule has 0 unspecified atom stereocenters. The molecular formula is C13H21N3O2.